The highest BCUT2D eigenvalue weighted by atomic mass is 35.5. The van der Waals surface area contributed by atoms with E-state index in [-0.39, 0.29) is 11.8 Å². The third-order valence-corrected chi connectivity index (χ3v) is 3.30. The molecule has 1 aromatic heterocycles. The summed E-state index contributed by atoms with van der Waals surface area (Å²) in [4.78, 5) is 15.8. The highest BCUT2D eigenvalue weighted by molar-refractivity contribution is 6.42. The van der Waals surface area contributed by atoms with Crippen LogP contribution in [-0.4, -0.2) is 20.7 Å². The van der Waals surface area contributed by atoms with E-state index in [9.17, 15) is 4.79 Å². The van der Waals surface area contributed by atoms with Gasteiger partial charge in [0.15, 0.2) is 0 Å². The SMILES string of the molecule is C[C@@H](Cn1cncn1)C(=O)Nc1ccc(Cl)c(Cl)c1. The zero-order chi connectivity index (χ0) is 13.8. The topological polar surface area (TPSA) is 59.8 Å². The molecule has 0 saturated carbocycles. The monoisotopic (exact) mass is 298 g/mol. The lowest BCUT2D eigenvalue weighted by molar-refractivity contribution is -0.119. The highest BCUT2D eigenvalue weighted by Gasteiger charge is 2.14. The van der Waals surface area contributed by atoms with Crippen LogP contribution < -0.4 is 5.32 Å². The Morgan fingerprint density at radius 1 is 1.42 bits per heavy atom. The van der Waals surface area contributed by atoms with Gasteiger partial charge in [-0.2, -0.15) is 5.10 Å². The Hall–Kier alpha value is -1.59. The first-order valence-corrected chi connectivity index (χ1v) is 6.40. The molecule has 1 aromatic carbocycles. The molecule has 1 atom stereocenters. The van der Waals surface area contributed by atoms with Crippen molar-refractivity contribution < 1.29 is 4.79 Å². The smallest absolute Gasteiger partial charge is 0.229 e. The highest BCUT2D eigenvalue weighted by Crippen LogP contribution is 2.25. The predicted molar refractivity (Wildman–Crippen MR) is 74.3 cm³/mol. The Kier molecular flexibility index (Phi) is 4.39. The van der Waals surface area contributed by atoms with E-state index >= 15 is 0 Å². The summed E-state index contributed by atoms with van der Waals surface area (Å²) in [6.45, 7) is 2.28. The first kappa shape index (κ1) is 13.8. The third kappa shape index (κ3) is 3.68. The van der Waals surface area contributed by atoms with Crippen molar-refractivity contribution in [3.05, 3.63) is 40.9 Å². The number of nitrogens with one attached hydrogen (secondary N) is 1. The van der Waals surface area contributed by atoms with Gasteiger partial charge in [0.05, 0.1) is 22.5 Å². The molecule has 19 heavy (non-hydrogen) atoms. The third-order valence-electron chi connectivity index (χ3n) is 2.56. The summed E-state index contributed by atoms with van der Waals surface area (Å²) >= 11 is 11.7. The van der Waals surface area contributed by atoms with E-state index in [1.807, 2.05) is 6.92 Å². The molecule has 0 radical (unpaired) electrons. The van der Waals surface area contributed by atoms with Crippen molar-refractivity contribution in [2.45, 2.75) is 13.5 Å². The van der Waals surface area contributed by atoms with Crippen molar-refractivity contribution in [2.75, 3.05) is 5.32 Å². The molecular weight excluding hydrogens is 287 g/mol. The van der Waals surface area contributed by atoms with Crippen LogP contribution in [0.3, 0.4) is 0 Å². The number of hydrogen-bond donors (Lipinski definition) is 1. The number of aromatic nitrogens is 3. The molecule has 1 heterocycles. The summed E-state index contributed by atoms with van der Waals surface area (Å²) in [6, 6.07) is 4.96. The van der Waals surface area contributed by atoms with Crippen molar-refractivity contribution in [3.63, 3.8) is 0 Å². The van der Waals surface area contributed by atoms with E-state index in [0.29, 0.717) is 22.3 Å². The average Bonchev–Trinajstić information content (AvgIpc) is 2.86. The first-order valence-electron chi connectivity index (χ1n) is 5.64. The van der Waals surface area contributed by atoms with Crippen LogP contribution in [0.15, 0.2) is 30.9 Å². The number of amides is 1. The second kappa shape index (κ2) is 6.04. The summed E-state index contributed by atoms with van der Waals surface area (Å²) in [5.41, 5.74) is 0.616. The summed E-state index contributed by atoms with van der Waals surface area (Å²) in [5, 5.41) is 7.60. The van der Waals surface area contributed by atoms with E-state index in [1.165, 1.54) is 6.33 Å². The molecule has 2 aromatic rings. The van der Waals surface area contributed by atoms with Gasteiger partial charge in [0, 0.05) is 5.69 Å². The van der Waals surface area contributed by atoms with Gasteiger partial charge in [0.25, 0.3) is 0 Å². The van der Waals surface area contributed by atoms with Gasteiger partial charge in [0.2, 0.25) is 5.91 Å². The minimum Gasteiger partial charge on any atom is -0.326 e. The van der Waals surface area contributed by atoms with Crippen LogP contribution in [0.5, 0.6) is 0 Å². The summed E-state index contributed by atoms with van der Waals surface area (Å²) in [5.74, 6) is -0.356. The van der Waals surface area contributed by atoms with Crippen molar-refractivity contribution in [2.24, 2.45) is 5.92 Å². The molecule has 0 aliphatic carbocycles. The van der Waals surface area contributed by atoms with E-state index in [0.717, 1.165) is 0 Å². The molecule has 0 aliphatic rings. The Morgan fingerprint density at radius 3 is 2.84 bits per heavy atom. The standard InChI is InChI=1S/C12H12Cl2N4O/c1-8(5-18-7-15-6-16-18)12(19)17-9-2-3-10(13)11(14)4-9/h2-4,6-8H,5H2,1H3,(H,17,19)/t8-/m0/s1. The molecule has 1 N–H and O–H groups in total. The molecule has 5 nitrogen and oxygen atoms in total. The lowest BCUT2D eigenvalue weighted by atomic mass is 10.1. The van der Waals surface area contributed by atoms with Crippen LogP contribution in [0.1, 0.15) is 6.92 Å². The molecular formula is C12H12Cl2N4O. The molecule has 0 fully saturated rings. The molecule has 0 unspecified atom stereocenters. The normalized spacial score (nSPS) is 12.2. The van der Waals surface area contributed by atoms with Gasteiger partial charge in [-0.05, 0) is 18.2 Å². The Balaban J connectivity index is 1.98. The van der Waals surface area contributed by atoms with E-state index in [2.05, 4.69) is 15.4 Å². The predicted octanol–water partition coefficient (Wildman–Crippen LogP) is 2.86. The molecule has 0 bridgehead atoms. The Bertz CT molecular complexity index is 571. The number of rotatable bonds is 4. The molecule has 0 spiro atoms. The second-order valence-electron chi connectivity index (χ2n) is 4.14. The van der Waals surface area contributed by atoms with Gasteiger partial charge in [-0.3, -0.25) is 9.48 Å². The quantitative estimate of drug-likeness (QED) is 0.944. The Labute approximate surface area is 120 Å². The van der Waals surface area contributed by atoms with E-state index in [4.69, 9.17) is 23.2 Å². The van der Waals surface area contributed by atoms with Crippen LogP contribution in [-0.2, 0) is 11.3 Å². The fraction of sp³-hybridized carbons (Fsp3) is 0.250. The number of carbonyl (C=O) groups is 1. The van der Waals surface area contributed by atoms with Crippen molar-refractivity contribution in [3.8, 4) is 0 Å². The van der Waals surface area contributed by atoms with Crippen LogP contribution in [0.4, 0.5) is 5.69 Å². The van der Waals surface area contributed by atoms with Crippen LogP contribution in [0.2, 0.25) is 10.0 Å². The number of benzene rings is 1. The van der Waals surface area contributed by atoms with E-state index < -0.39 is 0 Å². The molecule has 2 rings (SSSR count). The van der Waals surface area contributed by atoms with Gasteiger partial charge in [-0.15, -0.1) is 0 Å². The lowest BCUT2D eigenvalue weighted by Gasteiger charge is -2.12. The molecule has 0 aliphatic heterocycles. The zero-order valence-corrected chi connectivity index (χ0v) is 11.7. The minimum atomic E-state index is -0.240. The van der Waals surface area contributed by atoms with Gasteiger partial charge in [0.1, 0.15) is 12.7 Å². The van der Waals surface area contributed by atoms with Gasteiger partial charge in [-0.25, -0.2) is 4.98 Å². The largest absolute Gasteiger partial charge is 0.326 e. The molecule has 1 amide bonds. The average molecular weight is 299 g/mol. The fourth-order valence-corrected chi connectivity index (χ4v) is 1.83. The molecule has 7 heteroatoms. The van der Waals surface area contributed by atoms with Gasteiger partial charge < -0.3 is 5.32 Å². The summed E-state index contributed by atoms with van der Waals surface area (Å²) in [6.07, 6.45) is 3.01. The zero-order valence-electron chi connectivity index (χ0n) is 10.2. The Morgan fingerprint density at radius 2 is 2.21 bits per heavy atom. The van der Waals surface area contributed by atoms with Gasteiger partial charge in [-0.1, -0.05) is 30.1 Å². The number of halogens is 2. The van der Waals surface area contributed by atoms with Crippen molar-refractivity contribution in [1.82, 2.24) is 14.8 Å². The van der Waals surface area contributed by atoms with Crippen LogP contribution in [0.25, 0.3) is 0 Å². The van der Waals surface area contributed by atoms with Crippen molar-refractivity contribution >= 4 is 34.8 Å². The molecule has 0 saturated heterocycles. The van der Waals surface area contributed by atoms with Crippen molar-refractivity contribution in [1.29, 1.82) is 0 Å². The van der Waals surface area contributed by atoms with Crippen LogP contribution >= 0.6 is 23.2 Å². The maximum absolute atomic E-state index is 12.0. The fourth-order valence-electron chi connectivity index (χ4n) is 1.53. The second-order valence-corrected chi connectivity index (χ2v) is 4.95. The summed E-state index contributed by atoms with van der Waals surface area (Å²) in [7, 11) is 0. The lowest BCUT2D eigenvalue weighted by Crippen LogP contribution is -2.24. The maximum atomic E-state index is 12.0. The van der Waals surface area contributed by atoms with Crippen LogP contribution in [0, 0.1) is 5.92 Å². The maximum Gasteiger partial charge on any atom is 0.229 e. The summed E-state index contributed by atoms with van der Waals surface area (Å²) < 4.78 is 1.61. The first-order chi connectivity index (χ1) is 9.06. The molecule has 100 valence electrons. The minimum absolute atomic E-state index is 0.117. The number of anilines is 1. The number of nitrogens with zero attached hydrogens (tertiary/aromatic N) is 3. The van der Waals surface area contributed by atoms with E-state index in [1.54, 1.807) is 29.2 Å². The van der Waals surface area contributed by atoms with Gasteiger partial charge >= 0.3 is 0 Å². The number of hydrogen-bond acceptors (Lipinski definition) is 3. The number of carbonyl (C=O) groups excluding carboxylic acids is 1.